The molecule has 0 saturated heterocycles. The van der Waals surface area contributed by atoms with Crippen molar-refractivity contribution in [1.82, 2.24) is 0 Å². The first kappa shape index (κ1) is 15.8. The molecule has 4 heteroatoms. The smallest absolute Gasteiger partial charge is 0.161 e. The summed E-state index contributed by atoms with van der Waals surface area (Å²) in [6.07, 6.45) is 3.18. The Hall–Kier alpha value is -0.160. The van der Waals surface area contributed by atoms with Crippen molar-refractivity contribution in [3.8, 4) is 0 Å². The summed E-state index contributed by atoms with van der Waals surface area (Å²) in [6.45, 7) is 8.02. The Morgan fingerprint density at radius 2 is 1.62 bits per heavy atom. The van der Waals surface area contributed by atoms with Crippen LogP contribution in [0.3, 0.4) is 0 Å². The van der Waals surface area contributed by atoms with Crippen molar-refractivity contribution >= 4 is 0 Å². The quantitative estimate of drug-likeness (QED) is 0.466. The third-order valence-electron chi connectivity index (χ3n) is 2.12. The maximum atomic E-state index is 8.97. The second-order valence-electron chi connectivity index (χ2n) is 3.94. The molecule has 0 saturated carbocycles. The zero-order chi connectivity index (χ0) is 12.4. The topological polar surface area (TPSA) is 47.9 Å². The summed E-state index contributed by atoms with van der Waals surface area (Å²) in [5.74, 6) is 0. The first-order chi connectivity index (χ1) is 7.56. The number of hydrogen-bond acceptors (Lipinski definition) is 4. The molecular formula is C12H26O4. The molecule has 1 N–H and O–H groups in total. The van der Waals surface area contributed by atoms with E-state index < -0.39 is 12.6 Å². The Morgan fingerprint density at radius 1 is 0.938 bits per heavy atom. The largest absolute Gasteiger partial charge is 0.368 e. The lowest BCUT2D eigenvalue weighted by atomic mass is 10.2. The van der Waals surface area contributed by atoms with Crippen molar-refractivity contribution in [3.63, 3.8) is 0 Å². The molecule has 0 aliphatic heterocycles. The van der Waals surface area contributed by atoms with Crippen LogP contribution < -0.4 is 0 Å². The van der Waals surface area contributed by atoms with E-state index in [-0.39, 0.29) is 6.29 Å². The highest BCUT2D eigenvalue weighted by molar-refractivity contribution is 4.41. The lowest BCUT2D eigenvalue weighted by molar-refractivity contribution is -0.270. The molecule has 0 radical (unpaired) electrons. The van der Waals surface area contributed by atoms with E-state index in [0.29, 0.717) is 6.61 Å². The summed E-state index contributed by atoms with van der Waals surface area (Å²) in [5.41, 5.74) is 0. The lowest BCUT2D eigenvalue weighted by Gasteiger charge is -2.20. The van der Waals surface area contributed by atoms with Gasteiger partial charge in [0.2, 0.25) is 0 Å². The molecule has 0 fully saturated rings. The second-order valence-corrected chi connectivity index (χ2v) is 3.94. The second kappa shape index (κ2) is 10.0. The molecule has 3 atom stereocenters. The predicted molar refractivity (Wildman–Crippen MR) is 62.9 cm³/mol. The first-order valence-corrected chi connectivity index (χ1v) is 6.16. The average molecular weight is 234 g/mol. The van der Waals surface area contributed by atoms with E-state index in [1.807, 2.05) is 6.92 Å². The fraction of sp³-hybridized carbons (Fsp3) is 1.00. The Kier molecular flexibility index (Phi) is 9.92. The van der Waals surface area contributed by atoms with Gasteiger partial charge in [-0.25, -0.2) is 0 Å². The van der Waals surface area contributed by atoms with Gasteiger partial charge in [-0.2, -0.15) is 0 Å². The van der Waals surface area contributed by atoms with E-state index in [2.05, 4.69) is 6.92 Å². The van der Waals surface area contributed by atoms with Gasteiger partial charge in [0.1, 0.15) is 0 Å². The van der Waals surface area contributed by atoms with Crippen LogP contribution in [-0.2, 0) is 14.2 Å². The van der Waals surface area contributed by atoms with Gasteiger partial charge in [-0.3, -0.25) is 0 Å². The monoisotopic (exact) mass is 234 g/mol. The third kappa shape index (κ3) is 10.4. The molecule has 3 unspecified atom stereocenters. The van der Waals surface area contributed by atoms with Crippen LogP contribution in [-0.4, -0.2) is 30.6 Å². The third-order valence-corrected chi connectivity index (χ3v) is 2.12. The maximum absolute atomic E-state index is 8.97. The van der Waals surface area contributed by atoms with E-state index in [0.717, 1.165) is 6.42 Å². The minimum absolute atomic E-state index is 0.296. The normalized spacial score (nSPS) is 17.1. The summed E-state index contributed by atoms with van der Waals surface area (Å²) < 4.78 is 15.8. The van der Waals surface area contributed by atoms with Crippen LogP contribution in [0, 0.1) is 0 Å². The van der Waals surface area contributed by atoms with Crippen molar-refractivity contribution in [2.24, 2.45) is 0 Å². The van der Waals surface area contributed by atoms with Crippen LogP contribution in [0.15, 0.2) is 0 Å². The number of hydrogen-bond donors (Lipinski definition) is 1. The van der Waals surface area contributed by atoms with Crippen molar-refractivity contribution < 1.29 is 19.3 Å². The first-order valence-electron chi connectivity index (χ1n) is 6.16. The number of rotatable bonds is 10. The molecule has 98 valence electrons. The van der Waals surface area contributed by atoms with Crippen LogP contribution in [0.2, 0.25) is 0 Å². The van der Waals surface area contributed by atoms with E-state index in [4.69, 9.17) is 19.3 Å². The minimum atomic E-state index is -0.813. The maximum Gasteiger partial charge on any atom is 0.161 e. The van der Waals surface area contributed by atoms with E-state index in [1.54, 1.807) is 13.8 Å². The van der Waals surface area contributed by atoms with E-state index >= 15 is 0 Å². The van der Waals surface area contributed by atoms with Gasteiger partial charge in [-0.05, 0) is 27.2 Å². The lowest BCUT2D eigenvalue weighted by Crippen LogP contribution is -2.25. The zero-order valence-corrected chi connectivity index (χ0v) is 10.9. The van der Waals surface area contributed by atoms with Gasteiger partial charge < -0.3 is 19.3 Å². The van der Waals surface area contributed by atoms with E-state index in [1.165, 1.54) is 19.3 Å². The number of ether oxygens (including phenoxy) is 3. The zero-order valence-electron chi connectivity index (χ0n) is 10.9. The molecule has 0 aliphatic rings. The van der Waals surface area contributed by atoms with Gasteiger partial charge in [0, 0.05) is 6.61 Å². The summed E-state index contributed by atoms with van der Waals surface area (Å²) >= 11 is 0. The van der Waals surface area contributed by atoms with Crippen LogP contribution in [0.25, 0.3) is 0 Å². The Bertz CT molecular complexity index is 150. The molecule has 0 heterocycles. The number of unbranched alkanes of at least 4 members (excludes halogenated alkanes) is 3. The fourth-order valence-electron chi connectivity index (χ4n) is 1.40. The minimum Gasteiger partial charge on any atom is -0.368 e. The molecule has 0 aromatic heterocycles. The summed E-state index contributed by atoms with van der Waals surface area (Å²) in [7, 11) is 0. The number of aliphatic hydroxyl groups excluding tert-OH is 1. The molecule has 0 aromatic carbocycles. The summed E-state index contributed by atoms with van der Waals surface area (Å²) in [4.78, 5) is 0. The summed E-state index contributed by atoms with van der Waals surface area (Å²) in [5, 5.41) is 8.97. The molecule has 0 rings (SSSR count). The molecule has 4 nitrogen and oxygen atoms in total. The highest BCUT2D eigenvalue weighted by atomic mass is 16.8. The highest BCUT2D eigenvalue weighted by Gasteiger charge is 2.10. The molecule has 0 aliphatic carbocycles. The number of aliphatic hydroxyl groups is 1. The van der Waals surface area contributed by atoms with Crippen LogP contribution in [0.1, 0.15) is 53.4 Å². The molecule has 0 spiro atoms. The van der Waals surface area contributed by atoms with Gasteiger partial charge in [0.05, 0.1) is 0 Å². The SMILES string of the molecule is CCCCCCOC(C)OC(C)OC(C)O. The Balaban J connectivity index is 3.39. The van der Waals surface area contributed by atoms with Gasteiger partial charge in [-0.1, -0.05) is 26.2 Å². The molecule has 16 heavy (non-hydrogen) atoms. The highest BCUT2D eigenvalue weighted by Crippen LogP contribution is 2.05. The Labute approximate surface area is 98.9 Å². The van der Waals surface area contributed by atoms with E-state index in [9.17, 15) is 0 Å². The molecule has 0 bridgehead atoms. The van der Waals surface area contributed by atoms with Gasteiger partial charge in [0.25, 0.3) is 0 Å². The van der Waals surface area contributed by atoms with Gasteiger partial charge in [0.15, 0.2) is 18.9 Å². The van der Waals surface area contributed by atoms with Crippen LogP contribution in [0.5, 0.6) is 0 Å². The van der Waals surface area contributed by atoms with Gasteiger partial charge in [-0.15, -0.1) is 0 Å². The van der Waals surface area contributed by atoms with Crippen molar-refractivity contribution in [2.75, 3.05) is 6.61 Å². The van der Waals surface area contributed by atoms with Crippen LogP contribution in [0.4, 0.5) is 0 Å². The summed E-state index contributed by atoms with van der Waals surface area (Å²) in [6, 6.07) is 0. The standard InChI is InChI=1S/C12H26O4/c1-5-6-7-8-9-14-11(3)16-12(4)15-10(2)13/h10-13H,5-9H2,1-4H3. The van der Waals surface area contributed by atoms with Crippen molar-refractivity contribution in [1.29, 1.82) is 0 Å². The van der Waals surface area contributed by atoms with Crippen LogP contribution >= 0.6 is 0 Å². The molecule has 0 aromatic rings. The molecular weight excluding hydrogens is 208 g/mol. The fourth-order valence-corrected chi connectivity index (χ4v) is 1.40. The Morgan fingerprint density at radius 3 is 2.19 bits per heavy atom. The predicted octanol–water partition coefficient (Wildman–Crippen LogP) is 2.65. The van der Waals surface area contributed by atoms with Crippen molar-refractivity contribution in [3.05, 3.63) is 0 Å². The van der Waals surface area contributed by atoms with Crippen molar-refractivity contribution in [2.45, 2.75) is 72.2 Å². The van der Waals surface area contributed by atoms with Gasteiger partial charge >= 0.3 is 0 Å². The molecule has 0 amide bonds. The average Bonchev–Trinajstić information content (AvgIpc) is 2.15.